The van der Waals surface area contributed by atoms with Gasteiger partial charge in [0.1, 0.15) is 6.29 Å². The predicted octanol–water partition coefficient (Wildman–Crippen LogP) is 1.91. The van der Waals surface area contributed by atoms with Crippen molar-refractivity contribution in [3.8, 4) is 0 Å². The molecule has 0 N–H and O–H groups in total. The molecule has 0 saturated carbocycles. The van der Waals surface area contributed by atoms with E-state index in [1.807, 2.05) is 19.2 Å². The molecule has 0 fully saturated rings. The molecule has 0 unspecified atom stereocenters. The van der Waals surface area contributed by atoms with Gasteiger partial charge in [0, 0.05) is 18.3 Å². The second-order valence-electron chi connectivity index (χ2n) is 2.87. The summed E-state index contributed by atoms with van der Waals surface area (Å²) < 4.78 is 0. The predicted molar refractivity (Wildman–Crippen MR) is 48.0 cm³/mol. The molecule has 0 radical (unpaired) electrons. The zero-order chi connectivity index (χ0) is 8.81. The molecule has 0 aliphatic carbocycles. The largest absolute Gasteiger partial charge is 0.303 e. The van der Waals surface area contributed by atoms with E-state index in [1.54, 1.807) is 0 Å². The van der Waals surface area contributed by atoms with Gasteiger partial charge in [-0.1, -0.05) is 6.07 Å². The summed E-state index contributed by atoms with van der Waals surface area (Å²) in [6.45, 7) is 1.97. The third kappa shape index (κ3) is 2.82. The number of aldehydes is 1. The molecule has 0 atom stereocenters. The lowest BCUT2D eigenvalue weighted by atomic mass is 10.1. The Bertz CT molecular complexity index is 241. The first-order valence-electron chi connectivity index (χ1n) is 4.18. The number of nitrogens with zero attached hydrogens (tertiary/aromatic N) is 1. The van der Waals surface area contributed by atoms with Crippen molar-refractivity contribution in [1.82, 2.24) is 4.98 Å². The van der Waals surface area contributed by atoms with E-state index in [0.29, 0.717) is 6.42 Å². The van der Waals surface area contributed by atoms with Crippen LogP contribution in [-0.4, -0.2) is 11.3 Å². The van der Waals surface area contributed by atoms with Crippen molar-refractivity contribution in [3.05, 3.63) is 29.6 Å². The van der Waals surface area contributed by atoms with Crippen molar-refractivity contribution in [2.45, 2.75) is 26.2 Å². The highest BCUT2D eigenvalue weighted by molar-refractivity contribution is 5.49. The summed E-state index contributed by atoms with van der Waals surface area (Å²) in [4.78, 5) is 14.2. The second-order valence-corrected chi connectivity index (χ2v) is 2.87. The number of hydrogen-bond donors (Lipinski definition) is 0. The summed E-state index contributed by atoms with van der Waals surface area (Å²) in [5.41, 5.74) is 2.25. The maximum absolute atomic E-state index is 10.0. The summed E-state index contributed by atoms with van der Waals surface area (Å²) in [5, 5.41) is 0. The Kier molecular flexibility index (Phi) is 3.45. The summed E-state index contributed by atoms with van der Waals surface area (Å²) in [7, 11) is 0. The Morgan fingerprint density at radius 2 is 2.33 bits per heavy atom. The first-order chi connectivity index (χ1) is 5.83. The summed E-state index contributed by atoms with van der Waals surface area (Å²) >= 11 is 0. The van der Waals surface area contributed by atoms with Crippen molar-refractivity contribution in [2.75, 3.05) is 0 Å². The second kappa shape index (κ2) is 4.65. The SMILES string of the molecule is Cc1ccc(CCCC=O)cn1. The van der Waals surface area contributed by atoms with Crippen LogP contribution in [0.3, 0.4) is 0 Å². The van der Waals surface area contributed by atoms with Gasteiger partial charge in [0.25, 0.3) is 0 Å². The fourth-order valence-corrected chi connectivity index (χ4v) is 1.04. The number of carbonyl (C=O) groups is 1. The van der Waals surface area contributed by atoms with Crippen LogP contribution in [0.25, 0.3) is 0 Å². The van der Waals surface area contributed by atoms with Gasteiger partial charge in [-0.2, -0.15) is 0 Å². The number of carbonyl (C=O) groups excluding carboxylic acids is 1. The van der Waals surface area contributed by atoms with E-state index in [0.717, 1.165) is 24.8 Å². The molecule has 1 rings (SSSR count). The molecule has 64 valence electrons. The van der Waals surface area contributed by atoms with E-state index < -0.39 is 0 Å². The Balaban J connectivity index is 2.42. The van der Waals surface area contributed by atoms with Crippen molar-refractivity contribution in [3.63, 3.8) is 0 Å². The van der Waals surface area contributed by atoms with E-state index in [2.05, 4.69) is 11.1 Å². The fourth-order valence-electron chi connectivity index (χ4n) is 1.04. The zero-order valence-corrected chi connectivity index (χ0v) is 7.29. The van der Waals surface area contributed by atoms with Crippen LogP contribution < -0.4 is 0 Å². The fraction of sp³-hybridized carbons (Fsp3) is 0.400. The molecular weight excluding hydrogens is 150 g/mol. The molecule has 2 nitrogen and oxygen atoms in total. The number of unbranched alkanes of at least 4 members (excludes halogenated alkanes) is 1. The number of aryl methyl sites for hydroxylation is 2. The minimum absolute atomic E-state index is 0.647. The molecule has 2 heteroatoms. The molecule has 12 heavy (non-hydrogen) atoms. The Morgan fingerprint density at radius 3 is 2.92 bits per heavy atom. The third-order valence-electron chi connectivity index (χ3n) is 1.76. The van der Waals surface area contributed by atoms with Crippen LogP contribution >= 0.6 is 0 Å². The van der Waals surface area contributed by atoms with Crippen molar-refractivity contribution in [2.24, 2.45) is 0 Å². The van der Waals surface area contributed by atoms with Crippen LogP contribution in [0.5, 0.6) is 0 Å². The first-order valence-corrected chi connectivity index (χ1v) is 4.18. The molecule has 1 aromatic heterocycles. The lowest BCUT2D eigenvalue weighted by molar-refractivity contribution is -0.107. The van der Waals surface area contributed by atoms with Gasteiger partial charge in [-0.05, 0) is 31.4 Å². The molecule has 0 amide bonds. The topological polar surface area (TPSA) is 30.0 Å². The standard InChI is InChI=1S/C10H13NO/c1-9-5-6-10(8-11-9)4-2-3-7-12/h5-8H,2-4H2,1H3. The first kappa shape index (κ1) is 8.91. The van der Waals surface area contributed by atoms with Gasteiger partial charge in [-0.3, -0.25) is 4.98 Å². The van der Waals surface area contributed by atoms with Crippen molar-refractivity contribution >= 4 is 6.29 Å². The Labute approximate surface area is 72.6 Å². The van der Waals surface area contributed by atoms with Gasteiger partial charge >= 0.3 is 0 Å². The molecule has 0 aromatic carbocycles. The molecule has 0 saturated heterocycles. The van der Waals surface area contributed by atoms with Crippen LogP contribution in [0.1, 0.15) is 24.1 Å². The summed E-state index contributed by atoms with van der Waals surface area (Å²) in [6.07, 6.45) is 5.36. The molecule has 0 aliphatic rings. The molecule has 0 aliphatic heterocycles. The van der Waals surface area contributed by atoms with Gasteiger partial charge < -0.3 is 4.79 Å². The number of hydrogen-bond acceptors (Lipinski definition) is 2. The number of pyridine rings is 1. The van der Waals surface area contributed by atoms with Gasteiger partial charge in [0.15, 0.2) is 0 Å². The van der Waals surface area contributed by atoms with Crippen LogP contribution in [-0.2, 0) is 11.2 Å². The van der Waals surface area contributed by atoms with Gasteiger partial charge in [0.2, 0.25) is 0 Å². The lowest BCUT2D eigenvalue weighted by Crippen LogP contribution is -1.88. The van der Waals surface area contributed by atoms with Crippen LogP contribution in [0.15, 0.2) is 18.3 Å². The van der Waals surface area contributed by atoms with E-state index in [9.17, 15) is 4.79 Å². The van der Waals surface area contributed by atoms with Crippen molar-refractivity contribution in [1.29, 1.82) is 0 Å². The molecule has 0 spiro atoms. The highest BCUT2D eigenvalue weighted by Gasteiger charge is 1.92. The zero-order valence-electron chi connectivity index (χ0n) is 7.29. The summed E-state index contributed by atoms with van der Waals surface area (Å²) in [5.74, 6) is 0. The van der Waals surface area contributed by atoms with Crippen LogP contribution in [0.2, 0.25) is 0 Å². The minimum atomic E-state index is 0.647. The van der Waals surface area contributed by atoms with E-state index >= 15 is 0 Å². The van der Waals surface area contributed by atoms with Gasteiger partial charge in [-0.15, -0.1) is 0 Å². The van der Waals surface area contributed by atoms with E-state index in [4.69, 9.17) is 0 Å². The lowest BCUT2D eigenvalue weighted by Gasteiger charge is -1.98. The van der Waals surface area contributed by atoms with Crippen LogP contribution in [0, 0.1) is 6.92 Å². The van der Waals surface area contributed by atoms with E-state index in [1.165, 1.54) is 5.56 Å². The average Bonchev–Trinajstić information content (AvgIpc) is 2.09. The van der Waals surface area contributed by atoms with E-state index in [-0.39, 0.29) is 0 Å². The Morgan fingerprint density at radius 1 is 1.50 bits per heavy atom. The normalized spacial score (nSPS) is 9.75. The monoisotopic (exact) mass is 163 g/mol. The van der Waals surface area contributed by atoms with Crippen LogP contribution in [0.4, 0.5) is 0 Å². The number of rotatable bonds is 4. The maximum Gasteiger partial charge on any atom is 0.120 e. The van der Waals surface area contributed by atoms with Gasteiger partial charge in [-0.25, -0.2) is 0 Å². The molecule has 0 bridgehead atoms. The van der Waals surface area contributed by atoms with Gasteiger partial charge in [0.05, 0.1) is 0 Å². The smallest absolute Gasteiger partial charge is 0.120 e. The number of aromatic nitrogens is 1. The summed E-state index contributed by atoms with van der Waals surface area (Å²) in [6, 6.07) is 4.06. The van der Waals surface area contributed by atoms with Crippen molar-refractivity contribution < 1.29 is 4.79 Å². The quantitative estimate of drug-likeness (QED) is 0.501. The minimum Gasteiger partial charge on any atom is -0.303 e. The third-order valence-corrected chi connectivity index (χ3v) is 1.76. The molecule has 1 heterocycles. The average molecular weight is 163 g/mol. The molecular formula is C10H13NO. The highest BCUT2D eigenvalue weighted by Crippen LogP contribution is 2.03. The maximum atomic E-state index is 10.0. The molecule has 1 aromatic rings. The Hall–Kier alpha value is -1.18. The highest BCUT2D eigenvalue weighted by atomic mass is 16.1.